The molecule has 2 aromatic rings. The van der Waals surface area contributed by atoms with Gasteiger partial charge in [0, 0.05) is 25.3 Å². The van der Waals surface area contributed by atoms with Crippen molar-refractivity contribution in [3.63, 3.8) is 0 Å². The van der Waals surface area contributed by atoms with Crippen molar-refractivity contribution in [1.29, 1.82) is 5.26 Å². The number of rotatable bonds is 3. The van der Waals surface area contributed by atoms with Crippen molar-refractivity contribution in [3.05, 3.63) is 48.2 Å². The number of hydrogen-bond acceptors (Lipinski definition) is 5. The summed E-state index contributed by atoms with van der Waals surface area (Å²) >= 11 is 0. The molecule has 1 aromatic carbocycles. The Bertz CT molecular complexity index is 668. The van der Waals surface area contributed by atoms with E-state index in [2.05, 4.69) is 15.3 Å². The zero-order valence-corrected chi connectivity index (χ0v) is 11.3. The molecule has 0 bridgehead atoms. The van der Waals surface area contributed by atoms with E-state index in [9.17, 15) is 4.39 Å². The minimum Gasteiger partial charge on any atom is -0.368 e. The van der Waals surface area contributed by atoms with E-state index in [1.165, 1.54) is 12.4 Å². The Morgan fingerprint density at radius 2 is 2.29 bits per heavy atom. The summed E-state index contributed by atoms with van der Waals surface area (Å²) in [5, 5.41) is 12.4. The van der Waals surface area contributed by atoms with Gasteiger partial charge in [0.1, 0.15) is 29.6 Å². The summed E-state index contributed by atoms with van der Waals surface area (Å²) in [7, 11) is 0. The molecule has 1 aliphatic rings. The van der Waals surface area contributed by atoms with E-state index >= 15 is 0 Å². The van der Waals surface area contributed by atoms with Crippen molar-refractivity contribution in [2.24, 2.45) is 0 Å². The van der Waals surface area contributed by atoms with Gasteiger partial charge < -0.3 is 10.2 Å². The normalized spacial score (nSPS) is 17.5. The van der Waals surface area contributed by atoms with Gasteiger partial charge in [-0.2, -0.15) is 5.26 Å². The second-order valence-corrected chi connectivity index (χ2v) is 4.92. The lowest BCUT2D eigenvalue weighted by Crippen LogP contribution is -2.27. The van der Waals surface area contributed by atoms with Crippen LogP contribution in [0, 0.1) is 17.1 Å². The first-order valence-electron chi connectivity index (χ1n) is 6.74. The molecule has 1 saturated heterocycles. The molecule has 1 N–H and O–H groups in total. The van der Waals surface area contributed by atoms with Gasteiger partial charge in [-0.25, -0.2) is 14.4 Å². The molecule has 1 unspecified atom stereocenters. The van der Waals surface area contributed by atoms with E-state index in [1.807, 2.05) is 17.0 Å². The Morgan fingerprint density at radius 3 is 3.05 bits per heavy atom. The van der Waals surface area contributed by atoms with Crippen LogP contribution in [0.5, 0.6) is 0 Å². The molecule has 1 aliphatic heterocycles. The number of nitriles is 1. The van der Waals surface area contributed by atoms with Gasteiger partial charge in [0.2, 0.25) is 0 Å². The van der Waals surface area contributed by atoms with Gasteiger partial charge in [-0.1, -0.05) is 6.07 Å². The van der Waals surface area contributed by atoms with E-state index in [-0.39, 0.29) is 11.6 Å². The van der Waals surface area contributed by atoms with Crippen LogP contribution in [-0.4, -0.2) is 29.1 Å². The zero-order chi connectivity index (χ0) is 14.7. The molecule has 2 heterocycles. The highest BCUT2D eigenvalue weighted by molar-refractivity contribution is 5.60. The Kier molecular flexibility index (Phi) is 3.65. The lowest BCUT2D eigenvalue weighted by Gasteiger charge is -2.20. The molecule has 1 atom stereocenters. The van der Waals surface area contributed by atoms with Gasteiger partial charge >= 0.3 is 0 Å². The van der Waals surface area contributed by atoms with Crippen LogP contribution in [0.2, 0.25) is 0 Å². The monoisotopic (exact) mass is 283 g/mol. The van der Waals surface area contributed by atoms with Crippen LogP contribution in [0.15, 0.2) is 36.8 Å². The summed E-state index contributed by atoms with van der Waals surface area (Å²) in [6.45, 7) is 1.49. The Morgan fingerprint density at radius 1 is 1.38 bits per heavy atom. The van der Waals surface area contributed by atoms with Crippen molar-refractivity contribution >= 4 is 11.5 Å². The van der Waals surface area contributed by atoms with Crippen LogP contribution in [0.1, 0.15) is 12.0 Å². The highest BCUT2D eigenvalue weighted by atomic mass is 19.1. The number of nitrogens with one attached hydrogen (secondary N) is 1. The topological polar surface area (TPSA) is 64.8 Å². The van der Waals surface area contributed by atoms with Crippen LogP contribution < -0.4 is 10.2 Å². The molecule has 5 nitrogen and oxygen atoms in total. The molecule has 1 fully saturated rings. The van der Waals surface area contributed by atoms with Crippen LogP contribution in [0.25, 0.3) is 0 Å². The quantitative estimate of drug-likeness (QED) is 0.935. The molecule has 106 valence electrons. The molecule has 0 radical (unpaired) electrons. The summed E-state index contributed by atoms with van der Waals surface area (Å²) in [6, 6.07) is 8.71. The second kappa shape index (κ2) is 5.75. The number of halogens is 1. The maximum atomic E-state index is 13.7. The van der Waals surface area contributed by atoms with Gasteiger partial charge in [0.05, 0.1) is 5.69 Å². The fourth-order valence-electron chi connectivity index (χ4n) is 2.57. The second-order valence-electron chi connectivity index (χ2n) is 4.92. The molecule has 21 heavy (non-hydrogen) atoms. The van der Waals surface area contributed by atoms with E-state index < -0.39 is 5.82 Å². The smallest absolute Gasteiger partial charge is 0.143 e. The number of hydrogen-bond donors (Lipinski definition) is 1. The third kappa shape index (κ3) is 2.77. The average molecular weight is 283 g/mol. The van der Waals surface area contributed by atoms with Gasteiger partial charge in [0.25, 0.3) is 0 Å². The first-order valence-corrected chi connectivity index (χ1v) is 6.74. The SMILES string of the molecule is N#Cc1c(F)cccc1N1CCC(Nc2ccncn2)C1. The van der Waals surface area contributed by atoms with E-state index in [0.29, 0.717) is 12.2 Å². The third-order valence-electron chi connectivity index (χ3n) is 3.57. The number of anilines is 2. The number of benzene rings is 1. The predicted octanol–water partition coefficient (Wildman–Crippen LogP) is 2.18. The van der Waals surface area contributed by atoms with Crippen LogP contribution in [-0.2, 0) is 0 Å². The first-order chi connectivity index (χ1) is 10.3. The lowest BCUT2D eigenvalue weighted by atomic mass is 10.1. The Balaban J connectivity index is 1.73. The molecule has 0 amide bonds. The molecular formula is C15H14FN5. The van der Waals surface area contributed by atoms with E-state index in [4.69, 9.17) is 5.26 Å². The zero-order valence-electron chi connectivity index (χ0n) is 11.3. The van der Waals surface area contributed by atoms with Crippen LogP contribution >= 0.6 is 0 Å². The van der Waals surface area contributed by atoms with Crippen molar-refractivity contribution < 1.29 is 4.39 Å². The van der Waals surface area contributed by atoms with Crippen molar-refractivity contribution in [2.75, 3.05) is 23.3 Å². The van der Waals surface area contributed by atoms with Gasteiger partial charge in [-0.3, -0.25) is 0 Å². The standard InChI is InChI=1S/C15H14FN5/c16-13-2-1-3-14(12(13)8-17)21-7-5-11(9-21)20-15-4-6-18-10-19-15/h1-4,6,10-11H,5,7,9H2,(H,18,19,20). The maximum absolute atomic E-state index is 13.7. The summed E-state index contributed by atoms with van der Waals surface area (Å²) in [5.74, 6) is 0.304. The molecule has 6 heteroatoms. The summed E-state index contributed by atoms with van der Waals surface area (Å²) < 4.78 is 13.7. The third-order valence-corrected chi connectivity index (χ3v) is 3.57. The highest BCUT2D eigenvalue weighted by Gasteiger charge is 2.25. The molecule has 0 spiro atoms. The first kappa shape index (κ1) is 13.3. The predicted molar refractivity (Wildman–Crippen MR) is 77.4 cm³/mol. The van der Waals surface area contributed by atoms with E-state index in [0.717, 1.165) is 18.8 Å². The van der Waals surface area contributed by atoms with Crippen molar-refractivity contribution in [3.8, 4) is 6.07 Å². The summed E-state index contributed by atoms with van der Waals surface area (Å²) in [4.78, 5) is 10.0. The number of nitrogens with zero attached hydrogens (tertiary/aromatic N) is 4. The molecule has 3 rings (SSSR count). The highest BCUT2D eigenvalue weighted by Crippen LogP contribution is 2.26. The Labute approximate surface area is 122 Å². The summed E-state index contributed by atoms with van der Waals surface area (Å²) in [5.41, 5.74) is 0.768. The van der Waals surface area contributed by atoms with Gasteiger partial charge in [-0.05, 0) is 24.6 Å². The van der Waals surface area contributed by atoms with Crippen molar-refractivity contribution in [2.45, 2.75) is 12.5 Å². The van der Waals surface area contributed by atoms with Gasteiger partial charge in [0.15, 0.2) is 0 Å². The van der Waals surface area contributed by atoms with Gasteiger partial charge in [-0.15, -0.1) is 0 Å². The lowest BCUT2D eigenvalue weighted by molar-refractivity contribution is 0.623. The molecular weight excluding hydrogens is 269 g/mol. The van der Waals surface area contributed by atoms with Crippen LogP contribution in [0.3, 0.4) is 0 Å². The molecule has 0 aliphatic carbocycles. The maximum Gasteiger partial charge on any atom is 0.143 e. The fraction of sp³-hybridized carbons (Fsp3) is 0.267. The van der Waals surface area contributed by atoms with Crippen LogP contribution in [0.4, 0.5) is 15.9 Å². The fourth-order valence-corrected chi connectivity index (χ4v) is 2.57. The van der Waals surface area contributed by atoms with Crippen molar-refractivity contribution in [1.82, 2.24) is 9.97 Å². The largest absolute Gasteiger partial charge is 0.368 e. The van der Waals surface area contributed by atoms with E-state index in [1.54, 1.807) is 18.3 Å². The minimum atomic E-state index is -0.470. The molecule has 1 aromatic heterocycles. The minimum absolute atomic E-state index is 0.111. The molecule has 0 saturated carbocycles. The Hall–Kier alpha value is -2.68. The summed E-state index contributed by atoms with van der Waals surface area (Å²) in [6.07, 6.45) is 4.09. The average Bonchev–Trinajstić information content (AvgIpc) is 2.96. The number of aromatic nitrogens is 2.